The van der Waals surface area contributed by atoms with Gasteiger partial charge in [-0.15, -0.1) is 11.3 Å². The molecule has 0 spiro atoms. The molecule has 2 aliphatic rings. The lowest BCUT2D eigenvalue weighted by Gasteiger charge is -2.42. The molecule has 0 amide bonds. The van der Waals surface area contributed by atoms with E-state index in [0.717, 1.165) is 44.9 Å². The Balaban J connectivity index is 1.69. The Morgan fingerprint density at radius 3 is 2.61 bits per heavy atom. The molecule has 0 radical (unpaired) electrons. The molecule has 2 saturated heterocycles. The van der Waals surface area contributed by atoms with Crippen LogP contribution in [-0.4, -0.2) is 42.3 Å². The summed E-state index contributed by atoms with van der Waals surface area (Å²) in [6.45, 7) is 4.33. The summed E-state index contributed by atoms with van der Waals surface area (Å²) in [7, 11) is 0. The van der Waals surface area contributed by atoms with Gasteiger partial charge in [0, 0.05) is 23.8 Å². The first-order chi connectivity index (χ1) is 11.3. The van der Waals surface area contributed by atoms with Gasteiger partial charge in [0.1, 0.15) is 0 Å². The summed E-state index contributed by atoms with van der Waals surface area (Å²) in [6.07, 6.45) is 4.26. The van der Waals surface area contributed by atoms with E-state index in [1.165, 1.54) is 28.5 Å². The second-order valence-corrected chi connectivity index (χ2v) is 7.90. The molecule has 1 aromatic carbocycles. The standard InChI is InChI=1S/C19H26N2OS/c22-15-7-11-21(12-8-15)19(14-5-9-20-10-6-14)17-13-23-18-4-2-1-3-16(17)18/h1-4,13-15,19-20,22H,5-12H2. The number of nitrogens with one attached hydrogen (secondary N) is 1. The van der Waals surface area contributed by atoms with Crippen LogP contribution in [0.15, 0.2) is 29.6 Å². The van der Waals surface area contributed by atoms with Gasteiger partial charge in [0.2, 0.25) is 0 Å². The van der Waals surface area contributed by atoms with E-state index in [9.17, 15) is 5.11 Å². The van der Waals surface area contributed by atoms with Gasteiger partial charge in [-0.2, -0.15) is 0 Å². The minimum absolute atomic E-state index is 0.0980. The number of hydrogen-bond acceptors (Lipinski definition) is 4. The van der Waals surface area contributed by atoms with Crippen LogP contribution in [0.25, 0.3) is 10.1 Å². The lowest BCUT2D eigenvalue weighted by Crippen LogP contribution is -2.43. The van der Waals surface area contributed by atoms with E-state index < -0.39 is 0 Å². The third-order valence-electron chi connectivity index (χ3n) is 5.55. The van der Waals surface area contributed by atoms with E-state index in [1.54, 1.807) is 0 Å². The summed E-state index contributed by atoms with van der Waals surface area (Å²) in [5.41, 5.74) is 1.52. The summed E-state index contributed by atoms with van der Waals surface area (Å²) in [6, 6.07) is 9.34. The second-order valence-electron chi connectivity index (χ2n) is 6.99. The van der Waals surface area contributed by atoms with Crippen molar-refractivity contribution in [3.05, 3.63) is 35.2 Å². The summed E-state index contributed by atoms with van der Waals surface area (Å²) < 4.78 is 1.40. The smallest absolute Gasteiger partial charge is 0.0564 e. The Morgan fingerprint density at radius 2 is 1.83 bits per heavy atom. The summed E-state index contributed by atoms with van der Waals surface area (Å²) in [4.78, 5) is 2.65. The Bertz CT molecular complexity index is 642. The first-order valence-electron chi connectivity index (χ1n) is 8.92. The first-order valence-corrected chi connectivity index (χ1v) is 9.80. The van der Waals surface area contributed by atoms with Crippen molar-refractivity contribution >= 4 is 21.4 Å². The number of rotatable bonds is 3. The number of aliphatic hydroxyl groups excluding tert-OH is 1. The van der Waals surface area contributed by atoms with Crippen LogP contribution in [0.4, 0.5) is 0 Å². The van der Waals surface area contributed by atoms with Crippen LogP contribution in [0.2, 0.25) is 0 Å². The molecule has 0 bridgehead atoms. The van der Waals surface area contributed by atoms with Crippen LogP contribution in [0.5, 0.6) is 0 Å². The second kappa shape index (κ2) is 6.89. The maximum Gasteiger partial charge on any atom is 0.0564 e. The molecule has 4 rings (SSSR count). The molecule has 124 valence electrons. The van der Waals surface area contributed by atoms with Crippen LogP contribution in [0.3, 0.4) is 0 Å². The summed E-state index contributed by atoms with van der Waals surface area (Å²) in [5, 5.41) is 17.2. The Labute approximate surface area is 142 Å². The highest BCUT2D eigenvalue weighted by atomic mass is 32.1. The maximum absolute atomic E-state index is 9.89. The van der Waals surface area contributed by atoms with Crippen molar-refractivity contribution in [1.82, 2.24) is 10.2 Å². The summed E-state index contributed by atoms with van der Waals surface area (Å²) in [5.74, 6) is 0.726. The number of likely N-dealkylation sites (tertiary alicyclic amines) is 1. The molecule has 23 heavy (non-hydrogen) atoms. The third-order valence-corrected chi connectivity index (χ3v) is 6.53. The van der Waals surface area contributed by atoms with Gasteiger partial charge in [-0.05, 0) is 67.1 Å². The predicted octanol–water partition coefficient (Wildman–Crippen LogP) is 3.40. The van der Waals surface area contributed by atoms with Gasteiger partial charge in [-0.3, -0.25) is 4.90 Å². The zero-order chi connectivity index (χ0) is 15.6. The molecule has 3 heterocycles. The van der Waals surface area contributed by atoms with Crippen molar-refractivity contribution in [2.75, 3.05) is 26.2 Å². The van der Waals surface area contributed by atoms with Crippen molar-refractivity contribution in [1.29, 1.82) is 0 Å². The third kappa shape index (κ3) is 3.18. The highest BCUT2D eigenvalue weighted by Crippen LogP contribution is 2.41. The minimum atomic E-state index is -0.0980. The van der Waals surface area contributed by atoms with Crippen molar-refractivity contribution < 1.29 is 5.11 Å². The minimum Gasteiger partial charge on any atom is -0.393 e. The quantitative estimate of drug-likeness (QED) is 0.905. The van der Waals surface area contributed by atoms with Crippen molar-refractivity contribution in [3.8, 4) is 0 Å². The molecule has 0 saturated carbocycles. The van der Waals surface area contributed by atoms with Crippen LogP contribution in [0.1, 0.15) is 37.3 Å². The highest BCUT2D eigenvalue weighted by molar-refractivity contribution is 7.17. The molecule has 2 fully saturated rings. The van der Waals surface area contributed by atoms with Crippen molar-refractivity contribution in [3.63, 3.8) is 0 Å². The molecule has 0 aliphatic carbocycles. The number of fused-ring (bicyclic) bond motifs is 1. The molecular formula is C19H26N2OS. The van der Waals surface area contributed by atoms with Gasteiger partial charge in [0.25, 0.3) is 0 Å². The van der Waals surface area contributed by atoms with Gasteiger partial charge in [-0.25, -0.2) is 0 Å². The first kappa shape index (κ1) is 15.6. The lowest BCUT2D eigenvalue weighted by molar-refractivity contribution is 0.0377. The van der Waals surface area contributed by atoms with Crippen LogP contribution < -0.4 is 5.32 Å². The van der Waals surface area contributed by atoms with Gasteiger partial charge in [0.15, 0.2) is 0 Å². The fourth-order valence-electron chi connectivity index (χ4n) is 4.30. The number of hydrogen-bond donors (Lipinski definition) is 2. The molecule has 2 aromatic rings. The fourth-order valence-corrected chi connectivity index (χ4v) is 5.29. The zero-order valence-corrected chi connectivity index (χ0v) is 14.4. The molecule has 3 nitrogen and oxygen atoms in total. The predicted molar refractivity (Wildman–Crippen MR) is 97.0 cm³/mol. The van der Waals surface area contributed by atoms with Gasteiger partial charge in [-0.1, -0.05) is 18.2 Å². The molecular weight excluding hydrogens is 304 g/mol. The molecule has 1 atom stereocenters. The molecule has 1 aromatic heterocycles. The maximum atomic E-state index is 9.89. The molecule has 2 aliphatic heterocycles. The van der Waals surface area contributed by atoms with Crippen LogP contribution in [-0.2, 0) is 0 Å². The SMILES string of the molecule is OC1CCN(C(c2csc3ccccc23)C2CCNCC2)CC1. The average molecular weight is 330 g/mol. The van der Waals surface area contributed by atoms with E-state index in [4.69, 9.17) is 0 Å². The van der Waals surface area contributed by atoms with E-state index >= 15 is 0 Å². The molecule has 1 unspecified atom stereocenters. The van der Waals surface area contributed by atoms with E-state index in [1.807, 2.05) is 11.3 Å². The van der Waals surface area contributed by atoms with Gasteiger partial charge in [0.05, 0.1) is 6.10 Å². The van der Waals surface area contributed by atoms with E-state index in [0.29, 0.717) is 6.04 Å². The van der Waals surface area contributed by atoms with E-state index in [2.05, 4.69) is 39.9 Å². The fraction of sp³-hybridized carbons (Fsp3) is 0.579. The highest BCUT2D eigenvalue weighted by Gasteiger charge is 2.33. The average Bonchev–Trinajstić information content (AvgIpc) is 3.02. The van der Waals surface area contributed by atoms with Crippen LogP contribution in [0, 0.1) is 5.92 Å². The Morgan fingerprint density at radius 1 is 1.09 bits per heavy atom. The van der Waals surface area contributed by atoms with Crippen molar-refractivity contribution in [2.24, 2.45) is 5.92 Å². The molecule has 4 heteroatoms. The Kier molecular flexibility index (Phi) is 4.67. The number of benzene rings is 1. The van der Waals surface area contributed by atoms with Gasteiger partial charge < -0.3 is 10.4 Å². The number of thiophene rings is 1. The largest absolute Gasteiger partial charge is 0.393 e. The normalized spacial score (nSPS) is 23.3. The monoisotopic (exact) mass is 330 g/mol. The van der Waals surface area contributed by atoms with Gasteiger partial charge >= 0.3 is 0 Å². The summed E-state index contributed by atoms with van der Waals surface area (Å²) >= 11 is 1.88. The lowest BCUT2D eigenvalue weighted by atomic mass is 9.83. The molecule has 2 N–H and O–H groups in total. The number of piperidine rings is 2. The topological polar surface area (TPSA) is 35.5 Å². The number of nitrogens with zero attached hydrogens (tertiary/aromatic N) is 1. The number of aliphatic hydroxyl groups is 1. The van der Waals surface area contributed by atoms with Crippen LogP contribution >= 0.6 is 11.3 Å². The van der Waals surface area contributed by atoms with Crippen molar-refractivity contribution in [2.45, 2.75) is 37.8 Å². The van der Waals surface area contributed by atoms with E-state index in [-0.39, 0.29) is 6.10 Å². The zero-order valence-electron chi connectivity index (χ0n) is 13.6. The Hall–Kier alpha value is -0.940.